The first-order valence-corrected chi connectivity index (χ1v) is 10.7. The molecule has 8 nitrogen and oxygen atoms in total. The fraction of sp³-hybridized carbons (Fsp3) is 0.273. The zero-order valence-corrected chi connectivity index (χ0v) is 18.0. The molecule has 1 heterocycles. The van der Waals surface area contributed by atoms with Gasteiger partial charge in [0.05, 0.1) is 23.0 Å². The predicted molar refractivity (Wildman–Crippen MR) is 118 cm³/mol. The number of thioether (sulfide) groups is 1. The summed E-state index contributed by atoms with van der Waals surface area (Å²) in [6.07, 6.45) is 0.515. The van der Waals surface area contributed by atoms with Crippen LogP contribution in [0.1, 0.15) is 22.6 Å². The van der Waals surface area contributed by atoms with Crippen LogP contribution in [-0.4, -0.2) is 33.3 Å². The molecule has 0 bridgehead atoms. The normalized spacial score (nSPS) is 10.8. The van der Waals surface area contributed by atoms with Crippen LogP contribution < -0.4 is 4.74 Å². The minimum Gasteiger partial charge on any atom is -0.493 e. The van der Waals surface area contributed by atoms with E-state index in [0.29, 0.717) is 47.3 Å². The third-order valence-corrected chi connectivity index (χ3v) is 5.53. The molecule has 31 heavy (non-hydrogen) atoms. The van der Waals surface area contributed by atoms with Gasteiger partial charge < -0.3 is 14.3 Å². The number of nitrogens with zero attached hydrogens (tertiary/aromatic N) is 2. The molecule has 0 aliphatic carbocycles. The lowest BCUT2D eigenvalue weighted by Gasteiger charge is -2.07. The minimum absolute atomic E-state index is 0.0274. The summed E-state index contributed by atoms with van der Waals surface area (Å²) in [6, 6.07) is 12.4. The number of aliphatic carboxylic acids is 1. The number of carbonyl (C=O) groups is 1. The van der Waals surface area contributed by atoms with Gasteiger partial charge in [0.15, 0.2) is 0 Å². The van der Waals surface area contributed by atoms with Gasteiger partial charge in [-0.1, -0.05) is 18.2 Å². The molecule has 0 saturated heterocycles. The highest BCUT2D eigenvalue weighted by atomic mass is 32.2. The number of nitro benzene ring substituents is 1. The number of hydrogen-bond acceptors (Lipinski definition) is 7. The van der Waals surface area contributed by atoms with Crippen molar-refractivity contribution < 1.29 is 24.0 Å². The zero-order valence-electron chi connectivity index (χ0n) is 17.2. The van der Waals surface area contributed by atoms with Gasteiger partial charge in [0.25, 0.3) is 5.69 Å². The van der Waals surface area contributed by atoms with Crippen molar-refractivity contribution >= 4 is 23.4 Å². The van der Waals surface area contributed by atoms with E-state index in [0.717, 1.165) is 11.3 Å². The van der Waals surface area contributed by atoms with Crippen LogP contribution in [0.15, 0.2) is 46.9 Å². The molecule has 9 heteroatoms. The number of carboxylic acid groups (broad SMARTS) is 1. The van der Waals surface area contributed by atoms with E-state index >= 15 is 0 Å². The minimum atomic E-state index is -0.833. The van der Waals surface area contributed by atoms with E-state index in [1.54, 1.807) is 26.0 Å². The number of benzene rings is 2. The average Bonchev–Trinajstić information content (AvgIpc) is 3.09. The molecule has 2 aromatic carbocycles. The number of carboxylic acids is 1. The average molecular weight is 442 g/mol. The maximum absolute atomic E-state index is 11.2. The molecule has 0 atom stereocenters. The van der Waals surface area contributed by atoms with E-state index in [1.165, 1.54) is 17.8 Å². The van der Waals surface area contributed by atoms with Gasteiger partial charge >= 0.3 is 5.97 Å². The summed E-state index contributed by atoms with van der Waals surface area (Å²) in [4.78, 5) is 25.9. The van der Waals surface area contributed by atoms with E-state index in [1.807, 2.05) is 24.3 Å². The highest BCUT2D eigenvalue weighted by Crippen LogP contribution is 2.28. The van der Waals surface area contributed by atoms with Crippen LogP contribution >= 0.6 is 11.8 Å². The van der Waals surface area contributed by atoms with Crippen molar-refractivity contribution in [2.75, 3.05) is 12.4 Å². The van der Waals surface area contributed by atoms with E-state index in [-0.39, 0.29) is 11.4 Å². The van der Waals surface area contributed by atoms with Gasteiger partial charge in [-0.15, -0.1) is 11.8 Å². The molecule has 0 saturated carbocycles. The number of oxazole rings is 1. The smallest absolute Gasteiger partial charge is 0.313 e. The van der Waals surface area contributed by atoms with E-state index < -0.39 is 10.9 Å². The molecule has 0 aliphatic rings. The fourth-order valence-corrected chi connectivity index (χ4v) is 3.66. The maximum atomic E-state index is 11.2. The topological polar surface area (TPSA) is 116 Å². The first kappa shape index (κ1) is 22.4. The molecule has 3 rings (SSSR count). The van der Waals surface area contributed by atoms with Gasteiger partial charge in [0.2, 0.25) is 5.89 Å². The van der Waals surface area contributed by atoms with Gasteiger partial charge in [0.1, 0.15) is 11.5 Å². The van der Waals surface area contributed by atoms with Gasteiger partial charge in [-0.3, -0.25) is 14.9 Å². The Morgan fingerprint density at radius 2 is 2.06 bits per heavy atom. The van der Waals surface area contributed by atoms with Gasteiger partial charge in [0, 0.05) is 29.4 Å². The van der Waals surface area contributed by atoms with E-state index in [4.69, 9.17) is 14.3 Å². The molecule has 1 N–H and O–H groups in total. The summed E-state index contributed by atoms with van der Waals surface area (Å²) >= 11 is 1.33. The number of aryl methyl sites for hydroxylation is 2. The lowest BCUT2D eigenvalue weighted by atomic mass is 10.1. The van der Waals surface area contributed by atoms with E-state index in [2.05, 4.69) is 4.98 Å². The lowest BCUT2D eigenvalue weighted by Crippen LogP contribution is -2.03. The standard InChI is InChI=1S/C22H22N2O6S/c1-14-6-7-17(11-20(14)24(27)28)22-23-19(15(2)30-22)8-9-29-18-5-3-4-16(10-18)12-31-13-21(25)26/h3-7,10-11H,8-9,12-13H2,1-2H3,(H,25,26). The summed E-state index contributed by atoms with van der Waals surface area (Å²) in [5, 5.41) is 19.9. The Bertz CT molecular complexity index is 1100. The van der Waals surface area contributed by atoms with Crippen LogP contribution in [0.4, 0.5) is 5.69 Å². The predicted octanol–water partition coefficient (Wildman–Crippen LogP) is 4.81. The molecule has 162 valence electrons. The second-order valence-electron chi connectivity index (χ2n) is 6.91. The zero-order chi connectivity index (χ0) is 22.4. The monoisotopic (exact) mass is 442 g/mol. The van der Waals surface area contributed by atoms with Gasteiger partial charge in [-0.25, -0.2) is 4.98 Å². The van der Waals surface area contributed by atoms with Crippen molar-refractivity contribution in [1.29, 1.82) is 0 Å². The van der Waals surface area contributed by atoms with Crippen LogP contribution in [-0.2, 0) is 17.0 Å². The molecule has 3 aromatic rings. The van der Waals surface area contributed by atoms with Gasteiger partial charge in [-0.05, 0) is 37.6 Å². The van der Waals surface area contributed by atoms with Crippen molar-refractivity contribution in [2.45, 2.75) is 26.0 Å². The Kier molecular flexibility index (Phi) is 7.30. The molecular weight excluding hydrogens is 420 g/mol. The van der Waals surface area contributed by atoms with Crippen molar-refractivity contribution in [3.8, 4) is 17.2 Å². The number of aromatic nitrogens is 1. The Morgan fingerprint density at radius 1 is 1.26 bits per heavy atom. The maximum Gasteiger partial charge on any atom is 0.313 e. The second kappa shape index (κ2) is 10.1. The van der Waals surface area contributed by atoms with Gasteiger partial charge in [-0.2, -0.15) is 0 Å². The first-order chi connectivity index (χ1) is 14.8. The number of ether oxygens (including phenoxy) is 1. The van der Waals surface area contributed by atoms with Crippen molar-refractivity contribution in [1.82, 2.24) is 4.98 Å². The molecule has 0 spiro atoms. The molecule has 0 amide bonds. The summed E-state index contributed by atoms with van der Waals surface area (Å²) in [5.41, 5.74) is 2.88. The highest BCUT2D eigenvalue weighted by Gasteiger charge is 2.16. The Hall–Kier alpha value is -3.33. The molecule has 0 unspecified atom stereocenters. The summed E-state index contributed by atoms with van der Waals surface area (Å²) < 4.78 is 11.5. The van der Waals surface area contributed by atoms with Crippen molar-refractivity contribution in [3.05, 3.63) is 75.2 Å². The molecular formula is C22H22N2O6S. The lowest BCUT2D eigenvalue weighted by molar-refractivity contribution is -0.385. The molecule has 0 fully saturated rings. The Morgan fingerprint density at radius 3 is 2.81 bits per heavy atom. The SMILES string of the molecule is Cc1ccc(-c2nc(CCOc3cccc(CSCC(=O)O)c3)c(C)o2)cc1[N+](=O)[O-]. The highest BCUT2D eigenvalue weighted by molar-refractivity contribution is 7.99. The number of hydrogen-bond donors (Lipinski definition) is 1. The van der Waals surface area contributed by atoms with E-state index in [9.17, 15) is 14.9 Å². The Labute approximate surface area is 183 Å². The largest absolute Gasteiger partial charge is 0.493 e. The number of nitro groups is 1. The van der Waals surface area contributed by atoms with Crippen LogP contribution in [0.2, 0.25) is 0 Å². The summed E-state index contributed by atoms with van der Waals surface area (Å²) in [5.74, 6) is 1.50. The van der Waals surface area contributed by atoms with Crippen molar-refractivity contribution in [2.24, 2.45) is 0 Å². The van der Waals surface area contributed by atoms with Crippen LogP contribution in [0.25, 0.3) is 11.5 Å². The van der Waals surface area contributed by atoms with Crippen LogP contribution in [0.5, 0.6) is 5.75 Å². The van der Waals surface area contributed by atoms with Crippen molar-refractivity contribution in [3.63, 3.8) is 0 Å². The third kappa shape index (κ3) is 6.08. The molecule has 0 aliphatic heterocycles. The Balaban J connectivity index is 1.61. The number of rotatable bonds is 10. The molecule has 0 radical (unpaired) electrons. The second-order valence-corrected chi connectivity index (χ2v) is 7.90. The first-order valence-electron chi connectivity index (χ1n) is 9.56. The summed E-state index contributed by atoms with van der Waals surface area (Å²) in [7, 11) is 0. The van der Waals surface area contributed by atoms with Crippen LogP contribution in [0, 0.1) is 24.0 Å². The summed E-state index contributed by atoms with van der Waals surface area (Å²) in [6.45, 7) is 3.87. The fourth-order valence-electron chi connectivity index (χ4n) is 2.97. The quantitative estimate of drug-likeness (QED) is 0.351. The molecule has 1 aromatic heterocycles. The third-order valence-electron chi connectivity index (χ3n) is 4.55. The van der Waals surface area contributed by atoms with Crippen LogP contribution in [0.3, 0.4) is 0 Å².